The van der Waals surface area contributed by atoms with Gasteiger partial charge in [0.1, 0.15) is 44.7 Å². The Morgan fingerprint density at radius 1 is 1.50 bits per heavy atom. The van der Waals surface area contributed by atoms with Crippen molar-refractivity contribution in [3.8, 4) is 0 Å². The van der Waals surface area contributed by atoms with Gasteiger partial charge in [-0.3, -0.25) is 0 Å². The summed E-state index contributed by atoms with van der Waals surface area (Å²) in [6, 6.07) is 1.95. The largest absolute Gasteiger partial charge is 0.364 e. The number of rotatable bonds is 2. The van der Waals surface area contributed by atoms with E-state index >= 15 is 0 Å². The second-order valence-corrected chi connectivity index (χ2v) is 3.28. The third-order valence-corrected chi connectivity index (χ3v) is 2.33. The molecule has 1 aromatic heterocycles. The predicted molar refractivity (Wildman–Crippen MR) is 42.6 cm³/mol. The average molecular weight is 169 g/mol. The Morgan fingerprint density at radius 3 is 3.00 bits per heavy atom. The fourth-order valence-electron chi connectivity index (χ4n) is 1.64. The molecule has 2 heterocycles. The van der Waals surface area contributed by atoms with Gasteiger partial charge in [0.05, 0.1) is 0 Å². The van der Waals surface area contributed by atoms with Crippen LogP contribution in [-0.2, 0) is 6.54 Å². The van der Waals surface area contributed by atoms with Crippen LogP contribution in [0.3, 0.4) is 0 Å². The molecule has 1 aromatic rings. The first-order valence-corrected chi connectivity index (χ1v) is 4.49. The predicted octanol–water partition coefficient (Wildman–Crippen LogP) is -2.36. The van der Waals surface area contributed by atoms with Crippen molar-refractivity contribution >= 4 is 0 Å². The van der Waals surface area contributed by atoms with Gasteiger partial charge in [0.15, 0.2) is 0 Å². The molecular weight excluding hydrogens is 154 g/mol. The molecule has 0 amide bonds. The maximum Gasteiger partial charge on any atom is 0.138 e. The average Bonchev–Trinajstić information content (AvgIpc) is 2.59. The van der Waals surface area contributed by atoms with Crippen LogP contribution < -0.4 is 10.2 Å². The Hall–Kier alpha value is -0.870. The molecule has 1 aliphatic rings. The van der Waals surface area contributed by atoms with E-state index in [0.717, 1.165) is 12.2 Å². The van der Waals surface area contributed by atoms with Crippen molar-refractivity contribution in [3.05, 3.63) is 18.0 Å². The summed E-state index contributed by atoms with van der Waals surface area (Å²) < 4.78 is 4.78. The van der Waals surface area contributed by atoms with E-state index in [1.54, 1.807) is 11.2 Å². The zero-order valence-electron chi connectivity index (χ0n) is 7.12. The lowest BCUT2D eigenvalue weighted by atomic mass is 10.3. The zero-order chi connectivity index (χ0) is 8.23. The molecule has 12 heavy (non-hydrogen) atoms. The summed E-state index contributed by atoms with van der Waals surface area (Å²) >= 11 is 0. The van der Waals surface area contributed by atoms with E-state index in [4.69, 9.17) is 4.52 Å². The molecule has 4 heteroatoms. The highest BCUT2D eigenvalue weighted by Gasteiger charge is 2.16. The van der Waals surface area contributed by atoms with Crippen LogP contribution in [0, 0.1) is 0 Å². The molecule has 0 aromatic carbocycles. The van der Waals surface area contributed by atoms with Gasteiger partial charge in [0.2, 0.25) is 0 Å². The van der Waals surface area contributed by atoms with E-state index in [9.17, 15) is 0 Å². The lowest BCUT2D eigenvalue weighted by Gasteiger charge is -2.20. The van der Waals surface area contributed by atoms with Crippen LogP contribution in [0.4, 0.5) is 0 Å². The molecule has 0 saturated carbocycles. The van der Waals surface area contributed by atoms with Crippen molar-refractivity contribution in [2.75, 3.05) is 26.2 Å². The Bertz CT molecular complexity index is 216. The third-order valence-electron chi connectivity index (χ3n) is 2.33. The molecule has 0 unspecified atom stereocenters. The van der Waals surface area contributed by atoms with Crippen molar-refractivity contribution in [1.82, 2.24) is 5.16 Å². The highest BCUT2D eigenvalue weighted by Crippen LogP contribution is 1.89. The Balaban J connectivity index is 1.86. The van der Waals surface area contributed by atoms with E-state index in [1.165, 1.54) is 26.2 Å². The van der Waals surface area contributed by atoms with Gasteiger partial charge >= 0.3 is 0 Å². The van der Waals surface area contributed by atoms with E-state index in [0.29, 0.717) is 0 Å². The van der Waals surface area contributed by atoms with Gasteiger partial charge in [-0.05, 0) is 0 Å². The smallest absolute Gasteiger partial charge is 0.138 e. The van der Waals surface area contributed by atoms with Crippen LogP contribution in [0.25, 0.3) is 0 Å². The molecule has 2 rings (SSSR count). The fraction of sp³-hybridized carbons (Fsp3) is 0.625. The quantitative estimate of drug-likeness (QED) is 0.520. The topological polar surface area (TPSA) is 47.1 Å². The van der Waals surface area contributed by atoms with Crippen molar-refractivity contribution in [2.24, 2.45) is 0 Å². The summed E-state index contributed by atoms with van der Waals surface area (Å²) in [5.41, 5.74) is 1.08. The molecule has 1 fully saturated rings. The normalized spacial score (nSPS) is 19.7. The lowest BCUT2D eigenvalue weighted by molar-refractivity contribution is -0.958. The number of nitrogens with one attached hydrogen (secondary N) is 1. The standard InChI is InChI=1S/C8H13N3O/c1-6-12-10-8(1)7-11-4-2-9-3-5-11/h1,6,9H,2-5,7H2/p+2. The molecule has 4 nitrogen and oxygen atoms in total. The Kier molecular flexibility index (Phi) is 2.39. The minimum Gasteiger partial charge on any atom is -0.364 e. The van der Waals surface area contributed by atoms with Gasteiger partial charge in [-0.15, -0.1) is 0 Å². The minimum atomic E-state index is 1.02. The van der Waals surface area contributed by atoms with Crippen molar-refractivity contribution in [2.45, 2.75) is 6.54 Å². The first-order chi connectivity index (χ1) is 5.95. The Labute approximate surface area is 71.5 Å². The molecule has 0 aliphatic carbocycles. The number of nitrogens with two attached hydrogens (primary N) is 1. The van der Waals surface area contributed by atoms with Gasteiger partial charge in [0, 0.05) is 6.07 Å². The van der Waals surface area contributed by atoms with Gasteiger partial charge in [-0.2, -0.15) is 0 Å². The SMILES string of the molecule is c1cc(C[NH+]2CC[NH2+]CC2)no1. The first-order valence-electron chi connectivity index (χ1n) is 4.49. The van der Waals surface area contributed by atoms with Gasteiger partial charge < -0.3 is 14.7 Å². The monoisotopic (exact) mass is 169 g/mol. The molecule has 0 atom stereocenters. The van der Waals surface area contributed by atoms with Crippen molar-refractivity contribution < 1.29 is 14.7 Å². The molecule has 1 aliphatic heterocycles. The van der Waals surface area contributed by atoms with E-state index in [1.807, 2.05) is 6.07 Å². The summed E-state index contributed by atoms with van der Waals surface area (Å²) in [6.45, 7) is 5.99. The second-order valence-electron chi connectivity index (χ2n) is 3.28. The van der Waals surface area contributed by atoms with Crippen LogP contribution in [0.1, 0.15) is 5.69 Å². The molecule has 3 N–H and O–H groups in total. The summed E-state index contributed by atoms with van der Waals surface area (Å²) in [4.78, 5) is 1.62. The number of hydrogen-bond donors (Lipinski definition) is 2. The van der Waals surface area contributed by atoms with Crippen LogP contribution in [0.2, 0.25) is 0 Å². The van der Waals surface area contributed by atoms with Crippen LogP contribution in [0.15, 0.2) is 16.9 Å². The number of aromatic nitrogens is 1. The van der Waals surface area contributed by atoms with Crippen LogP contribution >= 0.6 is 0 Å². The van der Waals surface area contributed by atoms with Crippen LogP contribution in [0.5, 0.6) is 0 Å². The minimum absolute atomic E-state index is 1.02. The third kappa shape index (κ3) is 1.84. The molecule has 1 saturated heterocycles. The lowest BCUT2D eigenvalue weighted by Crippen LogP contribution is -3.19. The summed E-state index contributed by atoms with van der Waals surface area (Å²) in [7, 11) is 0. The van der Waals surface area contributed by atoms with E-state index < -0.39 is 0 Å². The second kappa shape index (κ2) is 3.69. The molecule has 0 radical (unpaired) electrons. The first kappa shape index (κ1) is 7.76. The molecule has 66 valence electrons. The number of quaternary nitrogens is 2. The van der Waals surface area contributed by atoms with Crippen molar-refractivity contribution in [1.29, 1.82) is 0 Å². The number of piperazine rings is 1. The summed E-state index contributed by atoms with van der Waals surface area (Å²) in [6.07, 6.45) is 1.64. The molecule has 0 bridgehead atoms. The number of nitrogens with zero attached hydrogens (tertiary/aromatic N) is 1. The maximum atomic E-state index is 4.78. The van der Waals surface area contributed by atoms with Crippen molar-refractivity contribution in [3.63, 3.8) is 0 Å². The highest BCUT2D eigenvalue weighted by molar-refractivity contribution is 4.91. The zero-order valence-corrected chi connectivity index (χ0v) is 7.12. The summed E-state index contributed by atoms with van der Waals surface area (Å²) in [5.74, 6) is 0. The van der Waals surface area contributed by atoms with E-state index in [2.05, 4.69) is 10.5 Å². The number of hydrogen-bond acceptors (Lipinski definition) is 2. The Morgan fingerprint density at radius 2 is 2.33 bits per heavy atom. The van der Waals surface area contributed by atoms with Crippen LogP contribution in [-0.4, -0.2) is 31.3 Å². The molecule has 0 spiro atoms. The fourth-order valence-corrected chi connectivity index (χ4v) is 1.64. The van der Waals surface area contributed by atoms with E-state index in [-0.39, 0.29) is 0 Å². The molecular formula is C8H15N3O+2. The highest BCUT2D eigenvalue weighted by atomic mass is 16.5. The van der Waals surface area contributed by atoms with Gasteiger partial charge in [-0.1, -0.05) is 5.16 Å². The maximum absolute atomic E-state index is 4.78. The van der Waals surface area contributed by atoms with Gasteiger partial charge in [-0.25, -0.2) is 0 Å². The van der Waals surface area contributed by atoms with Gasteiger partial charge in [0.25, 0.3) is 0 Å². The summed E-state index contributed by atoms with van der Waals surface area (Å²) in [5, 5.41) is 6.27.